The van der Waals surface area contributed by atoms with E-state index in [-0.39, 0.29) is 17.6 Å². The molecule has 23 heavy (non-hydrogen) atoms. The van der Waals surface area contributed by atoms with Crippen molar-refractivity contribution in [3.8, 4) is 0 Å². The maximum atomic E-state index is 12.3. The third-order valence-corrected chi connectivity index (χ3v) is 4.46. The molecule has 0 radical (unpaired) electrons. The molecule has 0 bridgehead atoms. The van der Waals surface area contributed by atoms with Crippen molar-refractivity contribution in [1.82, 2.24) is 0 Å². The molecule has 1 atom stereocenters. The summed E-state index contributed by atoms with van der Waals surface area (Å²) in [5.74, 6) is 0.225. The van der Waals surface area contributed by atoms with Gasteiger partial charge in [0.2, 0.25) is 5.91 Å². The van der Waals surface area contributed by atoms with Crippen molar-refractivity contribution in [1.29, 1.82) is 0 Å². The van der Waals surface area contributed by atoms with Gasteiger partial charge in [-0.2, -0.15) is 0 Å². The molecular formula is C20H21NO2. The SMILES string of the molecule is Cc1ccc(C(=O)CC[C@@H]2CN(c3ccc(C)cc3)C2=O)cc1. The molecule has 2 aromatic carbocycles. The number of Topliss-reactive ketones (excluding diaryl/α,β-unsaturated/α-hetero) is 1. The van der Waals surface area contributed by atoms with E-state index in [1.54, 1.807) is 4.90 Å². The van der Waals surface area contributed by atoms with E-state index in [0.717, 1.165) is 16.8 Å². The van der Waals surface area contributed by atoms with Crippen LogP contribution in [-0.4, -0.2) is 18.2 Å². The Morgan fingerprint density at radius 1 is 1.00 bits per heavy atom. The lowest BCUT2D eigenvalue weighted by atomic mass is 9.90. The Bertz CT molecular complexity index is 716. The van der Waals surface area contributed by atoms with Gasteiger partial charge in [-0.3, -0.25) is 9.59 Å². The number of benzene rings is 2. The lowest BCUT2D eigenvalue weighted by Gasteiger charge is -2.38. The summed E-state index contributed by atoms with van der Waals surface area (Å²) in [5.41, 5.74) is 4.01. The van der Waals surface area contributed by atoms with Gasteiger partial charge in [0.1, 0.15) is 0 Å². The average molecular weight is 307 g/mol. The molecule has 0 N–H and O–H groups in total. The fraction of sp³-hybridized carbons (Fsp3) is 0.300. The first-order valence-corrected chi connectivity index (χ1v) is 8.02. The molecule has 1 heterocycles. The van der Waals surface area contributed by atoms with Crippen molar-refractivity contribution in [2.75, 3.05) is 11.4 Å². The van der Waals surface area contributed by atoms with Gasteiger partial charge < -0.3 is 4.90 Å². The number of anilines is 1. The zero-order valence-electron chi connectivity index (χ0n) is 13.6. The highest BCUT2D eigenvalue weighted by Gasteiger charge is 2.37. The van der Waals surface area contributed by atoms with Gasteiger partial charge in [-0.05, 0) is 32.4 Å². The number of amides is 1. The summed E-state index contributed by atoms with van der Waals surface area (Å²) < 4.78 is 0. The van der Waals surface area contributed by atoms with Gasteiger partial charge in [0.25, 0.3) is 0 Å². The van der Waals surface area contributed by atoms with Crippen LogP contribution in [0, 0.1) is 19.8 Å². The molecule has 0 aliphatic carbocycles. The van der Waals surface area contributed by atoms with Gasteiger partial charge in [0.15, 0.2) is 5.78 Å². The standard InChI is InChI=1S/C20H21NO2/c1-14-3-7-16(8-4-14)19(22)12-9-17-13-21(20(17)23)18-10-5-15(2)6-11-18/h3-8,10-11,17H,9,12-13H2,1-2H3/t17-/m1/s1. The third kappa shape index (κ3) is 3.34. The summed E-state index contributed by atoms with van der Waals surface area (Å²) in [6.07, 6.45) is 1.06. The summed E-state index contributed by atoms with van der Waals surface area (Å²) in [5, 5.41) is 0. The van der Waals surface area contributed by atoms with E-state index in [1.165, 1.54) is 5.56 Å². The predicted octanol–water partition coefficient (Wildman–Crippen LogP) is 3.93. The number of ketones is 1. The van der Waals surface area contributed by atoms with Crippen LogP contribution in [0.15, 0.2) is 48.5 Å². The molecule has 1 amide bonds. The van der Waals surface area contributed by atoms with E-state index in [0.29, 0.717) is 19.4 Å². The minimum atomic E-state index is -0.0225. The van der Waals surface area contributed by atoms with E-state index in [1.807, 2.05) is 62.4 Å². The molecule has 3 rings (SSSR count). The Kier molecular flexibility index (Phi) is 4.28. The van der Waals surface area contributed by atoms with Crippen LogP contribution in [0.4, 0.5) is 5.69 Å². The second-order valence-electron chi connectivity index (χ2n) is 6.31. The number of nitrogens with zero attached hydrogens (tertiary/aromatic N) is 1. The van der Waals surface area contributed by atoms with Crippen molar-refractivity contribution in [2.45, 2.75) is 26.7 Å². The van der Waals surface area contributed by atoms with Gasteiger partial charge in [-0.15, -0.1) is 0 Å². The second kappa shape index (κ2) is 6.37. The van der Waals surface area contributed by atoms with Crippen LogP contribution in [0.2, 0.25) is 0 Å². The molecule has 0 unspecified atom stereocenters. The first kappa shape index (κ1) is 15.5. The van der Waals surface area contributed by atoms with E-state index in [4.69, 9.17) is 0 Å². The molecule has 0 aromatic heterocycles. The fourth-order valence-corrected chi connectivity index (χ4v) is 2.86. The van der Waals surface area contributed by atoms with Crippen molar-refractivity contribution in [3.05, 3.63) is 65.2 Å². The zero-order chi connectivity index (χ0) is 16.4. The van der Waals surface area contributed by atoms with Crippen LogP contribution in [0.5, 0.6) is 0 Å². The molecule has 0 spiro atoms. The maximum Gasteiger partial charge on any atom is 0.231 e. The highest BCUT2D eigenvalue weighted by molar-refractivity contribution is 6.02. The predicted molar refractivity (Wildman–Crippen MR) is 91.8 cm³/mol. The highest BCUT2D eigenvalue weighted by Crippen LogP contribution is 2.29. The average Bonchev–Trinajstić information content (AvgIpc) is 2.55. The molecule has 1 aliphatic heterocycles. The van der Waals surface area contributed by atoms with Gasteiger partial charge in [-0.1, -0.05) is 47.5 Å². The molecule has 0 saturated carbocycles. The molecule has 118 valence electrons. The fourth-order valence-electron chi connectivity index (χ4n) is 2.86. The number of carbonyl (C=O) groups is 2. The van der Waals surface area contributed by atoms with Crippen LogP contribution < -0.4 is 4.90 Å². The summed E-state index contributed by atoms with van der Waals surface area (Å²) >= 11 is 0. The molecule has 3 nitrogen and oxygen atoms in total. The van der Waals surface area contributed by atoms with E-state index < -0.39 is 0 Å². The summed E-state index contributed by atoms with van der Waals surface area (Å²) in [6.45, 7) is 4.74. The molecule has 1 aliphatic rings. The van der Waals surface area contributed by atoms with Gasteiger partial charge in [-0.25, -0.2) is 0 Å². The van der Waals surface area contributed by atoms with Crippen molar-refractivity contribution in [3.63, 3.8) is 0 Å². The Balaban J connectivity index is 1.53. The molecule has 1 fully saturated rings. The Labute approximate surface area is 136 Å². The first-order valence-electron chi connectivity index (χ1n) is 8.02. The van der Waals surface area contributed by atoms with Crippen molar-refractivity contribution < 1.29 is 9.59 Å². The third-order valence-electron chi connectivity index (χ3n) is 4.46. The topological polar surface area (TPSA) is 37.4 Å². The maximum absolute atomic E-state index is 12.3. The number of hydrogen-bond donors (Lipinski definition) is 0. The quantitative estimate of drug-likeness (QED) is 0.620. The lowest BCUT2D eigenvalue weighted by molar-refractivity contribution is -0.127. The number of carbonyl (C=O) groups excluding carboxylic acids is 2. The molecule has 2 aromatic rings. The zero-order valence-corrected chi connectivity index (χ0v) is 13.6. The van der Waals surface area contributed by atoms with Gasteiger partial charge in [0, 0.05) is 24.2 Å². The van der Waals surface area contributed by atoms with Crippen molar-refractivity contribution >= 4 is 17.4 Å². The number of hydrogen-bond acceptors (Lipinski definition) is 2. The lowest BCUT2D eigenvalue weighted by Crippen LogP contribution is -2.52. The van der Waals surface area contributed by atoms with Crippen LogP contribution in [0.25, 0.3) is 0 Å². The highest BCUT2D eigenvalue weighted by atomic mass is 16.2. The summed E-state index contributed by atoms with van der Waals surface area (Å²) in [4.78, 5) is 26.2. The van der Waals surface area contributed by atoms with Crippen LogP contribution in [0.3, 0.4) is 0 Å². The van der Waals surface area contributed by atoms with Gasteiger partial charge >= 0.3 is 0 Å². The van der Waals surface area contributed by atoms with Crippen LogP contribution >= 0.6 is 0 Å². The van der Waals surface area contributed by atoms with Crippen molar-refractivity contribution in [2.24, 2.45) is 5.92 Å². The van der Waals surface area contributed by atoms with E-state index in [9.17, 15) is 9.59 Å². The molecule has 1 saturated heterocycles. The summed E-state index contributed by atoms with van der Waals surface area (Å²) in [7, 11) is 0. The number of β-lactam (4-membered cyclic amide) rings is 1. The van der Waals surface area contributed by atoms with Crippen LogP contribution in [-0.2, 0) is 4.79 Å². The van der Waals surface area contributed by atoms with E-state index >= 15 is 0 Å². The minimum absolute atomic E-state index is 0.0225. The largest absolute Gasteiger partial charge is 0.311 e. The second-order valence-corrected chi connectivity index (χ2v) is 6.31. The molecule has 3 heteroatoms. The monoisotopic (exact) mass is 307 g/mol. The first-order chi connectivity index (χ1) is 11.0. The molecular weight excluding hydrogens is 286 g/mol. The summed E-state index contributed by atoms with van der Waals surface area (Å²) in [6, 6.07) is 15.6. The minimum Gasteiger partial charge on any atom is -0.311 e. The number of aryl methyl sites for hydroxylation is 2. The Hall–Kier alpha value is -2.42. The Morgan fingerprint density at radius 3 is 2.13 bits per heavy atom. The van der Waals surface area contributed by atoms with Gasteiger partial charge in [0.05, 0.1) is 5.92 Å². The number of rotatable bonds is 5. The smallest absolute Gasteiger partial charge is 0.231 e. The Morgan fingerprint density at radius 2 is 1.57 bits per heavy atom. The van der Waals surface area contributed by atoms with Crippen LogP contribution in [0.1, 0.15) is 34.3 Å². The normalized spacial score (nSPS) is 17.0. The van der Waals surface area contributed by atoms with E-state index in [2.05, 4.69) is 0 Å².